The molecule has 1 aromatic heterocycles. The van der Waals surface area contributed by atoms with Crippen LogP contribution in [0, 0.1) is 13.8 Å². The summed E-state index contributed by atoms with van der Waals surface area (Å²) < 4.78 is 0. The number of rotatable bonds is 5. The molecule has 2 aromatic rings. The first-order valence-electron chi connectivity index (χ1n) is 6.87. The first kappa shape index (κ1) is 15.6. The van der Waals surface area contributed by atoms with Gasteiger partial charge in [-0.2, -0.15) is 10.2 Å². The Labute approximate surface area is 133 Å². The highest BCUT2D eigenvalue weighted by atomic mass is 79.9. The second kappa shape index (κ2) is 7.31. The molecule has 0 aliphatic heterocycles. The predicted octanol–water partition coefficient (Wildman–Crippen LogP) is 3.67. The van der Waals surface area contributed by atoms with Crippen molar-refractivity contribution in [2.45, 2.75) is 26.7 Å². The number of anilines is 1. The van der Waals surface area contributed by atoms with Crippen molar-refractivity contribution in [1.82, 2.24) is 10.2 Å². The van der Waals surface area contributed by atoms with Gasteiger partial charge in [-0.1, -0.05) is 28.1 Å². The van der Waals surface area contributed by atoms with E-state index in [2.05, 4.69) is 37.5 Å². The zero-order chi connectivity index (χ0) is 15.2. The third-order valence-corrected chi connectivity index (χ3v) is 3.69. The number of nitrogens with one attached hydrogen (secondary N) is 1. The molecule has 21 heavy (non-hydrogen) atoms. The Bertz CT molecular complexity index is 643. The molecular formula is C16H18BrN3O. The van der Waals surface area contributed by atoms with Crippen molar-refractivity contribution >= 4 is 27.5 Å². The third-order valence-electron chi connectivity index (χ3n) is 3.13. The van der Waals surface area contributed by atoms with Crippen molar-refractivity contribution in [3.8, 4) is 0 Å². The molecule has 110 valence electrons. The zero-order valence-corrected chi connectivity index (χ0v) is 13.8. The van der Waals surface area contributed by atoms with Gasteiger partial charge in [-0.05, 0) is 50.5 Å². The number of halogens is 1. The van der Waals surface area contributed by atoms with Crippen LogP contribution in [0.4, 0.5) is 5.69 Å². The normalized spacial score (nSPS) is 10.4. The van der Waals surface area contributed by atoms with Crippen molar-refractivity contribution in [3.05, 3.63) is 52.8 Å². The average molecular weight is 348 g/mol. The Morgan fingerprint density at radius 3 is 2.81 bits per heavy atom. The molecule has 1 aromatic carbocycles. The van der Waals surface area contributed by atoms with Crippen LogP contribution in [0.2, 0.25) is 0 Å². The largest absolute Gasteiger partial charge is 0.322 e. The fourth-order valence-corrected chi connectivity index (χ4v) is 2.33. The van der Waals surface area contributed by atoms with E-state index in [1.165, 1.54) is 5.56 Å². The summed E-state index contributed by atoms with van der Waals surface area (Å²) >= 11 is 3.43. The number of nitrogens with zero attached hydrogens (tertiary/aromatic N) is 2. The topological polar surface area (TPSA) is 54.9 Å². The molecule has 1 N–H and O–H groups in total. The molecule has 0 unspecified atom stereocenters. The number of benzene rings is 1. The molecule has 0 spiro atoms. The van der Waals surface area contributed by atoms with Crippen molar-refractivity contribution in [2.75, 3.05) is 10.6 Å². The van der Waals surface area contributed by atoms with Crippen LogP contribution in [0.1, 0.15) is 33.7 Å². The molecule has 0 radical (unpaired) electrons. The van der Waals surface area contributed by atoms with Gasteiger partial charge in [0, 0.05) is 11.0 Å². The minimum atomic E-state index is -0.150. The van der Waals surface area contributed by atoms with Crippen molar-refractivity contribution in [1.29, 1.82) is 0 Å². The fraction of sp³-hybridized carbons (Fsp3) is 0.312. The van der Waals surface area contributed by atoms with Gasteiger partial charge < -0.3 is 5.32 Å². The maximum atomic E-state index is 12.3. The van der Waals surface area contributed by atoms with Gasteiger partial charge in [-0.15, -0.1) is 0 Å². The van der Waals surface area contributed by atoms with Crippen LogP contribution in [0.3, 0.4) is 0 Å². The van der Waals surface area contributed by atoms with Gasteiger partial charge in [-0.3, -0.25) is 4.79 Å². The molecule has 5 heteroatoms. The Kier molecular flexibility index (Phi) is 5.44. The standard InChI is InChI=1S/C16H18BrN3O/c1-11-9-15(12(2)20-19-11)16(21)18-14-7-3-5-13(10-14)6-4-8-17/h3,5,7,9-10H,4,6,8H2,1-2H3,(H,18,21). The number of carbonyl (C=O) groups excluding carboxylic acids is 1. The highest BCUT2D eigenvalue weighted by Gasteiger charge is 2.11. The molecule has 4 nitrogen and oxygen atoms in total. The average Bonchev–Trinajstić information content (AvgIpc) is 2.48. The van der Waals surface area contributed by atoms with Gasteiger partial charge >= 0.3 is 0 Å². The minimum Gasteiger partial charge on any atom is -0.322 e. The van der Waals surface area contributed by atoms with Crippen LogP contribution in [0.5, 0.6) is 0 Å². The number of hydrogen-bond donors (Lipinski definition) is 1. The Balaban J connectivity index is 2.14. The minimum absolute atomic E-state index is 0.150. The van der Waals surface area contributed by atoms with E-state index < -0.39 is 0 Å². The lowest BCUT2D eigenvalue weighted by molar-refractivity contribution is 0.102. The molecule has 0 atom stereocenters. The second-order valence-electron chi connectivity index (χ2n) is 4.93. The lowest BCUT2D eigenvalue weighted by Gasteiger charge is -2.09. The van der Waals surface area contributed by atoms with E-state index in [0.717, 1.165) is 29.6 Å². The van der Waals surface area contributed by atoms with E-state index in [-0.39, 0.29) is 5.91 Å². The van der Waals surface area contributed by atoms with Gasteiger partial charge in [-0.25, -0.2) is 0 Å². The van der Waals surface area contributed by atoms with E-state index in [1.54, 1.807) is 13.0 Å². The summed E-state index contributed by atoms with van der Waals surface area (Å²) in [5.74, 6) is -0.150. The van der Waals surface area contributed by atoms with Crippen LogP contribution in [-0.2, 0) is 6.42 Å². The lowest BCUT2D eigenvalue weighted by atomic mass is 10.1. The van der Waals surface area contributed by atoms with E-state index in [4.69, 9.17) is 0 Å². The maximum absolute atomic E-state index is 12.3. The Hall–Kier alpha value is -1.75. The number of aromatic nitrogens is 2. The quantitative estimate of drug-likeness (QED) is 0.839. The van der Waals surface area contributed by atoms with Crippen LogP contribution < -0.4 is 5.32 Å². The van der Waals surface area contributed by atoms with Gasteiger partial charge in [0.05, 0.1) is 17.0 Å². The fourth-order valence-electron chi connectivity index (χ4n) is 2.05. The molecule has 0 saturated heterocycles. The molecule has 0 saturated carbocycles. The molecule has 0 bridgehead atoms. The third kappa shape index (κ3) is 4.36. The first-order valence-corrected chi connectivity index (χ1v) is 7.99. The second-order valence-corrected chi connectivity index (χ2v) is 5.72. The molecule has 1 amide bonds. The van der Waals surface area contributed by atoms with Gasteiger partial charge in [0.15, 0.2) is 0 Å². The number of amides is 1. The van der Waals surface area contributed by atoms with Gasteiger partial charge in [0.1, 0.15) is 0 Å². The summed E-state index contributed by atoms with van der Waals surface area (Å²) in [5.41, 5.74) is 3.95. The van der Waals surface area contributed by atoms with E-state index in [1.807, 2.05) is 25.1 Å². The zero-order valence-electron chi connectivity index (χ0n) is 12.2. The molecule has 0 fully saturated rings. The molecule has 0 aliphatic carbocycles. The summed E-state index contributed by atoms with van der Waals surface area (Å²) in [4.78, 5) is 12.3. The maximum Gasteiger partial charge on any atom is 0.257 e. The van der Waals surface area contributed by atoms with Crippen molar-refractivity contribution in [3.63, 3.8) is 0 Å². The van der Waals surface area contributed by atoms with E-state index in [0.29, 0.717) is 11.3 Å². The van der Waals surface area contributed by atoms with Crippen LogP contribution in [-0.4, -0.2) is 21.4 Å². The van der Waals surface area contributed by atoms with E-state index in [9.17, 15) is 4.79 Å². The lowest BCUT2D eigenvalue weighted by Crippen LogP contribution is -2.15. The smallest absolute Gasteiger partial charge is 0.257 e. The number of carbonyl (C=O) groups is 1. The summed E-state index contributed by atoms with van der Waals surface area (Å²) in [6.45, 7) is 3.61. The monoisotopic (exact) mass is 347 g/mol. The predicted molar refractivity (Wildman–Crippen MR) is 88.0 cm³/mol. The molecule has 2 rings (SSSR count). The first-order chi connectivity index (χ1) is 10.1. The van der Waals surface area contributed by atoms with Crippen molar-refractivity contribution in [2.24, 2.45) is 0 Å². The highest BCUT2D eigenvalue weighted by Crippen LogP contribution is 2.15. The molecule has 1 heterocycles. The number of hydrogen-bond acceptors (Lipinski definition) is 3. The van der Waals surface area contributed by atoms with Crippen LogP contribution in [0.25, 0.3) is 0 Å². The highest BCUT2D eigenvalue weighted by molar-refractivity contribution is 9.09. The summed E-state index contributed by atoms with van der Waals surface area (Å²) in [6.07, 6.45) is 2.06. The Morgan fingerprint density at radius 2 is 2.05 bits per heavy atom. The van der Waals surface area contributed by atoms with Crippen LogP contribution in [0.15, 0.2) is 30.3 Å². The number of alkyl halides is 1. The van der Waals surface area contributed by atoms with Gasteiger partial charge in [0.25, 0.3) is 5.91 Å². The molecule has 0 aliphatic rings. The van der Waals surface area contributed by atoms with E-state index >= 15 is 0 Å². The van der Waals surface area contributed by atoms with Crippen LogP contribution >= 0.6 is 15.9 Å². The summed E-state index contributed by atoms with van der Waals surface area (Å²) in [6, 6.07) is 9.69. The summed E-state index contributed by atoms with van der Waals surface area (Å²) in [7, 11) is 0. The summed E-state index contributed by atoms with van der Waals surface area (Å²) in [5, 5.41) is 11.8. The van der Waals surface area contributed by atoms with Gasteiger partial charge in [0.2, 0.25) is 0 Å². The van der Waals surface area contributed by atoms with Crippen molar-refractivity contribution < 1.29 is 4.79 Å². The number of aryl methyl sites for hydroxylation is 3. The Morgan fingerprint density at radius 1 is 1.24 bits per heavy atom. The molecular weight excluding hydrogens is 330 g/mol. The SMILES string of the molecule is Cc1cc(C(=O)Nc2cccc(CCCBr)c2)c(C)nn1.